The van der Waals surface area contributed by atoms with E-state index in [1.807, 2.05) is 11.7 Å². The van der Waals surface area contributed by atoms with Gasteiger partial charge in [0.15, 0.2) is 0 Å². The summed E-state index contributed by atoms with van der Waals surface area (Å²) >= 11 is 1.80. The zero-order valence-electron chi connectivity index (χ0n) is 10.3. The lowest BCUT2D eigenvalue weighted by atomic mass is 9.66. The van der Waals surface area contributed by atoms with Gasteiger partial charge in [0.1, 0.15) is 0 Å². The second kappa shape index (κ2) is 5.28. The lowest BCUT2D eigenvalue weighted by Crippen LogP contribution is -2.42. The van der Waals surface area contributed by atoms with E-state index >= 15 is 0 Å². The second-order valence-electron chi connectivity index (χ2n) is 5.52. The van der Waals surface area contributed by atoms with Crippen LogP contribution in [-0.2, 0) is 6.42 Å². The second-order valence-corrected chi connectivity index (χ2v) is 6.49. The summed E-state index contributed by atoms with van der Waals surface area (Å²) < 4.78 is 0. The number of thiazole rings is 1. The van der Waals surface area contributed by atoms with Gasteiger partial charge in [-0.2, -0.15) is 0 Å². The molecule has 0 saturated heterocycles. The number of hydrogen-bond acceptors (Lipinski definition) is 3. The van der Waals surface area contributed by atoms with Crippen molar-refractivity contribution in [2.75, 3.05) is 13.1 Å². The molecule has 2 nitrogen and oxygen atoms in total. The molecule has 0 bridgehead atoms. The third kappa shape index (κ3) is 3.05. The van der Waals surface area contributed by atoms with E-state index in [-0.39, 0.29) is 0 Å². The molecule has 1 N–H and O–H groups in total. The summed E-state index contributed by atoms with van der Waals surface area (Å²) in [4.78, 5) is 5.62. The average Bonchev–Trinajstić information content (AvgIpc) is 2.65. The molecular formula is C13H22N2S. The van der Waals surface area contributed by atoms with Gasteiger partial charge in [-0.25, -0.2) is 0 Å². The Bertz CT molecular complexity index is 302. The van der Waals surface area contributed by atoms with Gasteiger partial charge < -0.3 is 5.32 Å². The Kier molecular flexibility index (Phi) is 3.98. The Morgan fingerprint density at radius 1 is 1.50 bits per heavy atom. The SMILES string of the molecule is CC(C)CNCC1(Cc2cncs2)CCC1. The number of hydrogen-bond donors (Lipinski definition) is 1. The zero-order valence-corrected chi connectivity index (χ0v) is 11.1. The molecular weight excluding hydrogens is 216 g/mol. The summed E-state index contributed by atoms with van der Waals surface area (Å²) in [5, 5.41) is 3.62. The topological polar surface area (TPSA) is 24.9 Å². The number of nitrogens with zero attached hydrogens (tertiary/aromatic N) is 1. The van der Waals surface area contributed by atoms with Crippen LogP contribution < -0.4 is 5.32 Å². The number of rotatable bonds is 6. The maximum Gasteiger partial charge on any atom is 0.0794 e. The average molecular weight is 238 g/mol. The van der Waals surface area contributed by atoms with Crippen molar-refractivity contribution in [2.45, 2.75) is 39.5 Å². The van der Waals surface area contributed by atoms with Crippen LogP contribution in [0.5, 0.6) is 0 Å². The summed E-state index contributed by atoms with van der Waals surface area (Å²) in [5.41, 5.74) is 2.49. The van der Waals surface area contributed by atoms with E-state index in [0.717, 1.165) is 12.5 Å². The molecule has 0 radical (unpaired) electrons. The van der Waals surface area contributed by atoms with Gasteiger partial charge >= 0.3 is 0 Å². The molecule has 1 fully saturated rings. The maximum atomic E-state index is 4.17. The Hall–Kier alpha value is -0.410. The highest BCUT2D eigenvalue weighted by atomic mass is 32.1. The fraction of sp³-hybridized carbons (Fsp3) is 0.769. The lowest BCUT2D eigenvalue weighted by Gasteiger charge is -2.42. The van der Waals surface area contributed by atoms with Crippen molar-refractivity contribution in [3.05, 3.63) is 16.6 Å². The van der Waals surface area contributed by atoms with Gasteiger partial charge in [-0.1, -0.05) is 20.3 Å². The summed E-state index contributed by atoms with van der Waals surface area (Å²) in [5.74, 6) is 0.750. The third-order valence-corrected chi connectivity index (χ3v) is 4.28. The normalized spacial score (nSPS) is 18.7. The zero-order chi connectivity index (χ0) is 11.4. The number of nitrogens with one attached hydrogen (secondary N) is 1. The highest BCUT2D eigenvalue weighted by Crippen LogP contribution is 2.43. The van der Waals surface area contributed by atoms with E-state index < -0.39 is 0 Å². The summed E-state index contributed by atoms with van der Waals surface area (Å²) in [6, 6.07) is 0. The van der Waals surface area contributed by atoms with Gasteiger partial charge in [-0.3, -0.25) is 4.98 Å². The molecule has 1 aliphatic rings. The molecule has 0 spiro atoms. The largest absolute Gasteiger partial charge is 0.316 e. The van der Waals surface area contributed by atoms with Crippen LogP contribution in [0.3, 0.4) is 0 Å². The number of aromatic nitrogens is 1. The van der Waals surface area contributed by atoms with Gasteiger partial charge in [0.25, 0.3) is 0 Å². The van der Waals surface area contributed by atoms with Crippen LogP contribution in [0.2, 0.25) is 0 Å². The molecule has 90 valence electrons. The first-order valence-electron chi connectivity index (χ1n) is 6.28. The maximum absolute atomic E-state index is 4.17. The van der Waals surface area contributed by atoms with Crippen molar-refractivity contribution >= 4 is 11.3 Å². The summed E-state index contributed by atoms with van der Waals surface area (Å²) in [7, 11) is 0. The quantitative estimate of drug-likeness (QED) is 0.823. The van der Waals surface area contributed by atoms with Crippen LogP contribution in [0.25, 0.3) is 0 Å². The molecule has 0 aliphatic heterocycles. The van der Waals surface area contributed by atoms with Gasteiger partial charge in [0.05, 0.1) is 5.51 Å². The molecule has 1 aromatic rings. The van der Waals surface area contributed by atoms with E-state index in [1.54, 1.807) is 11.3 Å². The predicted octanol–water partition coefficient (Wildman–Crippen LogP) is 3.10. The molecule has 1 aliphatic carbocycles. The third-order valence-electron chi connectivity index (χ3n) is 3.50. The van der Waals surface area contributed by atoms with Crippen LogP contribution in [0.4, 0.5) is 0 Å². The van der Waals surface area contributed by atoms with Crippen LogP contribution in [0.15, 0.2) is 11.7 Å². The van der Waals surface area contributed by atoms with E-state index in [0.29, 0.717) is 5.41 Å². The van der Waals surface area contributed by atoms with Gasteiger partial charge in [-0.05, 0) is 37.1 Å². The van der Waals surface area contributed by atoms with E-state index in [1.165, 1.54) is 37.1 Å². The molecule has 0 atom stereocenters. The molecule has 0 amide bonds. The van der Waals surface area contributed by atoms with E-state index in [2.05, 4.69) is 24.1 Å². The fourth-order valence-corrected chi connectivity index (χ4v) is 3.19. The van der Waals surface area contributed by atoms with E-state index in [4.69, 9.17) is 0 Å². The van der Waals surface area contributed by atoms with Crippen molar-refractivity contribution < 1.29 is 0 Å². The molecule has 0 aromatic carbocycles. The van der Waals surface area contributed by atoms with E-state index in [9.17, 15) is 0 Å². The Labute approximate surface area is 102 Å². The molecule has 0 unspecified atom stereocenters. The van der Waals surface area contributed by atoms with Gasteiger partial charge in [-0.15, -0.1) is 11.3 Å². The first-order valence-corrected chi connectivity index (χ1v) is 7.16. The summed E-state index contributed by atoms with van der Waals surface area (Å²) in [6.45, 7) is 6.86. The Balaban J connectivity index is 1.82. The molecule has 1 aromatic heterocycles. The molecule has 16 heavy (non-hydrogen) atoms. The Morgan fingerprint density at radius 2 is 2.31 bits per heavy atom. The monoisotopic (exact) mass is 238 g/mol. The molecule has 3 heteroatoms. The fourth-order valence-electron chi connectivity index (χ4n) is 2.42. The molecule has 2 rings (SSSR count). The van der Waals surface area contributed by atoms with Crippen LogP contribution in [0.1, 0.15) is 38.0 Å². The molecule has 1 heterocycles. The first kappa shape index (κ1) is 12.1. The smallest absolute Gasteiger partial charge is 0.0794 e. The van der Waals surface area contributed by atoms with Crippen LogP contribution in [0, 0.1) is 11.3 Å². The molecule has 1 saturated carbocycles. The lowest BCUT2D eigenvalue weighted by molar-refractivity contribution is 0.130. The predicted molar refractivity (Wildman–Crippen MR) is 69.8 cm³/mol. The standard InChI is InChI=1S/C13H22N2S/c1-11(2)7-14-9-13(4-3-5-13)6-12-8-15-10-16-12/h8,10-11,14H,3-7,9H2,1-2H3. The Morgan fingerprint density at radius 3 is 2.81 bits per heavy atom. The first-order chi connectivity index (χ1) is 7.70. The minimum atomic E-state index is 0.543. The van der Waals surface area contributed by atoms with Crippen molar-refractivity contribution in [3.8, 4) is 0 Å². The van der Waals surface area contributed by atoms with Gasteiger partial charge in [0, 0.05) is 17.6 Å². The van der Waals surface area contributed by atoms with Crippen molar-refractivity contribution in [2.24, 2.45) is 11.3 Å². The van der Waals surface area contributed by atoms with Crippen LogP contribution in [-0.4, -0.2) is 18.1 Å². The van der Waals surface area contributed by atoms with Crippen LogP contribution >= 0.6 is 11.3 Å². The van der Waals surface area contributed by atoms with Crippen molar-refractivity contribution in [1.82, 2.24) is 10.3 Å². The highest BCUT2D eigenvalue weighted by molar-refractivity contribution is 7.09. The highest BCUT2D eigenvalue weighted by Gasteiger charge is 2.36. The minimum Gasteiger partial charge on any atom is -0.316 e. The van der Waals surface area contributed by atoms with Gasteiger partial charge in [0.2, 0.25) is 0 Å². The van der Waals surface area contributed by atoms with Crippen molar-refractivity contribution in [1.29, 1.82) is 0 Å². The minimum absolute atomic E-state index is 0.543. The summed E-state index contributed by atoms with van der Waals surface area (Å²) in [6.07, 6.45) is 7.43. The van der Waals surface area contributed by atoms with Crippen molar-refractivity contribution in [3.63, 3.8) is 0 Å².